The molecule has 0 fully saturated rings. The van der Waals surface area contributed by atoms with Gasteiger partial charge in [0.25, 0.3) is 5.69 Å². The average Bonchev–Trinajstić information content (AvgIpc) is 3.17. The Bertz CT molecular complexity index is 1210. The Kier molecular flexibility index (Phi) is 5.01. The van der Waals surface area contributed by atoms with Crippen molar-refractivity contribution in [3.05, 3.63) is 87.8 Å². The van der Waals surface area contributed by atoms with E-state index in [1.165, 1.54) is 17.5 Å². The van der Waals surface area contributed by atoms with Gasteiger partial charge in [-0.15, -0.1) is 11.3 Å². The Morgan fingerprint density at radius 3 is 2.69 bits per heavy atom. The van der Waals surface area contributed by atoms with Crippen LogP contribution in [0.3, 0.4) is 0 Å². The van der Waals surface area contributed by atoms with Gasteiger partial charge >= 0.3 is 5.97 Å². The summed E-state index contributed by atoms with van der Waals surface area (Å²) in [5.74, 6) is -0.671. The van der Waals surface area contributed by atoms with Crippen LogP contribution in [0.25, 0.3) is 21.2 Å². The molecule has 0 spiro atoms. The molecule has 0 saturated heterocycles. The van der Waals surface area contributed by atoms with Crippen molar-refractivity contribution >= 4 is 33.1 Å². The fourth-order valence-corrected chi connectivity index (χ4v) is 4.03. The summed E-state index contributed by atoms with van der Waals surface area (Å²) in [4.78, 5) is 32.1. The van der Waals surface area contributed by atoms with E-state index in [1.807, 2.05) is 36.4 Å². The molecule has 0 aliphatic carbocycles. The number of esters is 1. The van der Waals surface area contributed by atoms with Crippen LogP contribution in [0, 0.1) is 10.1 Å². The summed E-state index contributed by atoms with van der Waals surface area (Å²) in [6.07, 6.45) is 5.22. The van der Waals surface area contributed by atoms with Crippen molar-refractivity contribution in [3.8, 4) is 11.1 Å². The predicted octanol–water partition coefficient (Wildman–Crippen LogP) is 5.18. The van der Waals surface area contributed by atoms with Crippen LogP contribution < -0.4 is 0 Å². The van der Waals surface area contributed by atoms with E-state index in [-0.39, 0.29) is 16.8 Å². The van der Waals surface area contributed by atoms with Gasteiger partial charge in [-0.25, -0.2) is 4.79 Å². The van der Waals surface area contributed by atoms with Gasteiger partial charge in [0.15, 0.2) is 0 Å². The molecule has 4 aromatic rings. The van der Waals surface area contributed by atoms with Gasteiger partial charge in [-0.2, -0.15) is 0 Å². The highest BCUT2D eigenvalue weighted by Crippen LogP contribution is 2.40. The minimum Gasteiger partial charge on any atom is -0.454 e. The van der Waals surface area contributed by atoms with Crippen LogP contribution >= 0.6 is 11.3 Å². The number of pyridine rings is 2. The van der Waals surface area contributed by atoms with Crippen LogP contribution in [0.2, 0.25) is 0 Å². The van der Waals surface area contributed by atoms with Gasteiger partial charge in [-0.1, -0.05) is 30.3 Å². The number of ether oxygens (including phenoxy) is 1. The Morgan fingerprint density at radius 1 is 1.14 bits per heavy atom. The lowest BCUT2D eigenvalue weighted by atomic mass is 10.00. The minimum absolute atomic E-state index is 0.0468. The number of carbonyl (C=O) groups excluding carboxylic acids is 1. The molecule has 1 aromatic carbocycles. The molecule has 0 amide bonds. The number of benzene rings is 1. The summed E-state index contributed by atoms with van der Waals surface area (Å²) < 4.78 is 6.51. The second-order valence-electron chi connectivity index (χ2n) is 6.32. The van der Waals surface area contributed by atoms with Crippen LogP contribution in [0.1, 0.15) is 28.9 Å². The second-order valence-corrected chi connectivity index (χ2v) is 7.23. The van der Waals surface area contributed by atoms with Crippen LogP contribution in [0.5, 0.6) is 0 Å². The molecule has 29 heavy (non-hydrogen) atoms. The van der Waals surface area contributed by atoms with Gasteiger partial charge in [0, 0.05) is 39.6 Å². The van der Waals surface area contributed by atoms with E-state index in [4.69, 9.17) is 4.74 Å². The molecule has 7 nitrogen and oxygen atoms in total. The smallest absolute Gasteiger partial charge is 0.341 e. The molecule has 144 valence electrons. The summed E-state index contributed by atoms with van der Waals surface area (Å²) in [5.41, 5.74) is 1.37. The molecular weight excluding hydrogens is 390 g/mol. The molecule has 0 N–H and O–H groups in total. The first-order chi connectivity index (χ1) is 14.1. The summed E-state index contributed by atoms with van der Waals surface area (Å²) in [5, 5.41) is 14.2. The Morgan fingerprint density at radius 2 is 1.93 bits per heavy atom. The molecule has 4 rings (SSSR count). The Labute approximate surface area is 169 Å². The van der Waals surface area contributed by atoms with Crippen molar-refractivity contribution in [2.75, 3.05) is 0 Å². The van der Waals surface area contributed by atoms with Crippen molar-refractivity contribution in [2.24, 2.45) is 0 Å². The normalized spacial score (nSPS) is 11.9. The molecule has 0 aliphatic rings. The van der Waals surface area contributed by atoms with E-state index in [0.29, 0.717) is 5.56 Å². The molecule has 3 aromatic heterocycles. The van der Waals surface area contributed by atoms with Crippen LogP contribution in [0.4, 0.5) is 5.69 Å². The minimum atomic E-state index is -0.671. The van der Waals surface area contributed by atoms with Crippen LogP contribution in [-0.2, 0) is 4.74 Å². The predicted molar refractivity (Wildman–Crippen MR) is 110 cm³/mol. The maximum atomic E-state index is 13.0. The summed E-state index contributed by atoms with van der Waals surface area (Å²) >= 11 is 1.43. The van der Waals surface area contributed by atoms with Crippen LogP contribution in [0.15, 0.2) is 66.6 Å². The fraction of sp³-hybridized carbons (Fsp3) is 0.0952. The van der Waals surface area contributed by atoms with Crippen molar-refractivity contribution in [2.45, 2.75) is 13.0 Å². The third-order valence-electron chi connectivity index (χ3n) is 4.54. The highest BCUT2D eigenvalue weighted by molar-refractivity contribution is 7.17. The molecule has 0 radical (unpaired) electrons. The largest absolute Gasteiger partial charge is 0.454 e. The van der Waals surface area contributed by atoms with Gasteiger partial charge in [0.2, 0.25) is 0 Å². The highest BCUT2D eigenvalue weighted by Gasteiger charge is 2.27. The van der Waals surface area contributed by atoms with Crippen molar-refractivity contribution in [1.29, 1.82) is 0 Å². The molecular formula is C21H15N3O4S. The van der Waals surface area contributed by atoms with E-state index in [0.717, 1.165) is 21.8 Å². The number of aromatic nitrogens is 2. The van der Waals surface area contributed by atoms with Crippen molar-refractivity contribution < 1.29 is 14.5 Å². The third-order valence-corrected chi connectivity index (χ3v) is 5.50. The molecule has 8 heteroatoms. The number of hydrogen-bond donors (Lipinski definition) is 0. The third kappa shape index (κ3) is 3.57. The fourth-order valence-electron chi connectivity index (χ4n) is 3.11. The number of carbonyl (C=O) groups is 1. The second kappa shape index (κ2) is 7.76. The van der Waals surface area contributed by atoms with Crippen molar-refractivity contribution in [3.63, 3.8) is 0 Å². The van der Waals surface area contributed by atoms with Gasteiger partial charge in [0.1, 0.15) is 12.3 Å². The van der Waals surface area contributed by atoms with Gasteiger partial charge in [-0.05, 0) is 18.6 Å². The standard InChI is InChI=1S/C21H15N3O4S/c1-13(14-5-3-2-4-6-14)28-21(25)16-10-23-11-18(24(26)27)20(16)17-12-29-19-7-8-22-9-15(17)19/h2-13H,1H3. The zero-order valence-corrected chi connectivity index (χ0v) is 16.1. The zero-order valence-electron chi connectivity index (χ0n) is 15.3. The van der Waals surface area contributed by atoms with E-state index < -0.39 is 17.0 Å². The quantitative estimate of drug-likeness (QED) is 0.258. The number of fused-ring (bicyclic) bond motifs is 1. The lowest BCUT2D eigenvalue weighted by Gasteiger charge is -2.15. The van der Waals surface area contributed by atoms with Gasteiger partial charge in [0.05, 0.1) is 16.1 Å². The average molecular weight is 405 g/mol. The van der Waals surface area contributed by atoms with Gasteiger partial charge in [-0.3, -0.25) is 20.1 Å². The number of nitrogens with zero attached hydrogens (tertiary/aromatic N) is 3. The first-order valence-electron chi connectivity index (χ1n) is 8.76. The molecule has 1 unspecified atom stereocenters. The number of rotatable bonds is 5. The van der Waals surface area contributed by atoms with E-state index in [9.17, 15) is 14.9 Å². The molecule has 3 heterocycles. The summed E-state index contributed by atoms with van der Waals surface area (Å²) in [6.45, 7) is 1.75. The SMILES string of the molecule is CC(OC(=O)c1cncc([N+](=O)[O-])c1-c1csc2ccncc12)c1ccccc1. The zero-order chi connectivity index (χ0) is 20.4. The Hall–Kier alpha value is -3.65. The van der Waals surface area contributed by atoms with Crippen LogP contribution in [-0.4, -0.2) is 20.9 Å². The number of thiophene rings is 1. The van der Waals surface area contributed by atoms with Gasteiger partial charge < -0.3 is 4.74 Å². The first-order valence-corrected chi connectivity index (χ1v) is 9.64. The number of nitro groups is 1. The summed E-state index contributed by atoms with van der Waals surface area (Å²) in [6, 6.07) is 11.1. The topological polar surface area (TPSA) is 95.2 Å². The lowest BCUT2D eigenvalue weighted by Crippen LogP contribution is -2.12. The lowest BCUT2D eigenvalue weighted by molar-refractivity contribution is -0.384. The molecule has 0 bridgehead atoms. The van der Waals surface area contributed by atoms with E-state index in [1.54, 1.807) is 24.7 Å². The van der Waals surface area contributed by atoms with Crippen molar-refractivity contribution in [1.82, 2.24) is 9.97 Å². The molecule has 0 saturated carbocycles. The monoisotopic (exact) mass is 405 g/mol. The molecule has 0 aliphatic heterocycles. The number of hydrogen-bond acceptors (Lipinski definition) is 7. The van der Waals surface area contributed by atoms with E-state index >= 15 is 0 Å². The Balaban J connectivity index is 1.81. The summed E-state index contributed by atoms with van der Waals surface area (Å²) in [7, 11) is 0. The van der Waals surface area contributed by atoms with E-state index in [2.05, 4.69) is 9.97 Å². The molecule has 1 atom stereocenters. The maximum absolute atomic E-state index is 13.0. The highest BCUT2D eigenvalue weighted by atomic mass is 32.1. The first kappa shape index (κ1) is 18.7. The maximum Gasteiger partial charge on any atom is 0.341 e.